The molecule has 1 aromatic carbocycles. The van der Waals surface area contributed by atoms with Crippen molar-refractivity contribution in [3.8, 4) is 17.1 Å². The van der Waals surface area contributed by atoms with Gasteiger partial charge in [0.1, 0.15) is 5.75 Å². The summed E-state index contributed by atoms with van der Waals surface area (Å²) in [6, 6.07) is 11.3. The van der Waals surface area contributed by atoms with Crippen molar-refractivity contribution in [2.24, 2.45) is 0 Å². The normalized spacial score (nSPS) is 14.2. The highest BCUT2D eigenvalue weighted by molar-refractivity contribution is 5.92. The molecule has 1 fully saturated rings. The third-order valence-corrected chi connectivity index (χ3v) is 4.55. The predicted octanol–water partition coefficient (Wildman–Crippen LogP) is 3.61. The molecule has 8 nitrogen and oxygen atoms in total. The summed E-state index contributed by atoms with van der Waals surface area (Å²) in [4.78, 5) is 20.1. The molecule has 2 N–H and O–H groups in total. The lowest BCUT2D eigenvalue weighted by atomic mass is 10.2. The van der Waals surface area contributed by atoms with Crippen molar-refractivity contribution in [3.63, 3.8) is 0 Å². The molecular weight excluding hydrogens is 370 g/mol. The second-order valence-corrected chi connectivity index (χ2v) is 6.70. The third kappa shape index (κ3) is 5.19. The van der Waals surface area contributed by atoms with Crippen LogP contribution in [0, 0.1) is 0 Å². The average molecular weight is 391 g/mol. The van der Waals surface area contributed by atoms with Crippen molar-refractivity contribution in [3.05, 3.63) is 60.4 Å². The number of ether oxygens (including phenoxy) is 1. The molecule has 2 aromatic heterocycles. The Morgan fingerprint density at radius 2 is 2.00 bits per heavy atom. The molecule has 0 bridgehead atoms. The summed E-state index contributed by atoms with van der Waals surface area (Å²) in [6.45, 7) is 0. The molecule has 148 valence electrons. The fourth-order valence-electron chi connectivity index (χ4n) is 3.11. The summed E-state index contributed by atoms with van der Waals surface area (Å²) in [7, 11) is 0. The van der Waals surface area contributed by atoms with Gasteiger partial charge in [0.05, 0.1) is 6.10 Å². The maximum Gasteiger partial charge on any atom is 0.340 e. The van der Waals surface area contributed by atoms with Crippen LogP contribution in [0.5, 0.6) is 5.75 Å². The molecule has 1 amide bonds. The van der Waals surface area contributed by atoms with E-state index in [1.165, 1.54) is 18.9 Å². The molecule has 2 heterocycles. The van der Waals surface area contributed by atoms with E-state index in [9.17, 15) is 4.79 Å². The number of amides is 1. The van der Waals surface area contributed by atoms with Gasteiger partial charge in [-0.15, -0.1) is 0 Å². The highest BCUT2D eigenvalue weighted by Gasteiger charge is 2.16. The number of rotatable bonds is 7. The Hall–Kier alpha value is -3.68. The van der Waals surface area contributed by atoms with Gasteiger partial charge in [-0.05, 0) is 61.6 Å². The van der Waals surface area contributed by atoms with Crippen molar-refractivity contribution in [2.75, 3.05) is 5.43 Å². The molecule has 1 saturated carbocycles. The number of carbonyl (C=O) groups is 1. The summed E-state index contributed by atoms with van der Waals surface area (Å²) in [5.74, 6) is 0.877. The van der Waals surface area contributed by atoms with E-state index in [2.05, 4.69) is 26.0 Å². The fourth-order valence-corrected chi connectivity index (χ4v) is 3.11. The standard InChI is InChI=1S/C21H21N5O3/c27-19(24-25-21-23-20(26-29-21)16-10-12-22-13-11-16)9-8-15-4-3-7-18(14-15)28-17-5-1-2-6-17/h3-4,7-14,17H,1-2,5-6H2,(H,24,27)(H,23,25,26)/b9-8+. The highest BCUT2D eigenvalue weighted by atomic mass is 16.5. The van der Waals surface area contributed by atoms with E-state index in [0.29, 0.717) is 11.9 Å². The van der Waals surface area contributed by atoms with E-state index in [-0.39, 0.29) is 11.9 Å². The van der Waals surface area contributed by atoms with Gasteiger partial charge in [0.25, 0.3) is 5.91 Å². The van der Waals surface area contributed by atoms with Crippen molar-refractivity contribution < 1.29 is 14.1 Å². The number of hydrazine groups is 1. The zero-order valence-corrected chi connectivity index (χ0v) is 15.7. The van der Waals surface area contributed by atoms with Gasteiger partial charge in [0.2, 0.25) is 5.82 Å². The van der Waals surface area contributed by atoms with Crippen molar-refractivity contribution in [1.29, 1.82) is 0 Å². The number of hydrogen-bond acceptors (Lipinski definition) is 7. The molecule has 0 aliphatic heterocycles. The molecule has 0 radical (unpaired) electrons. The molecule has 0 saturated heterocycles. The monoisotopic (exact) mass is 391 g/mol. The first-order valence-corrected chi connectivity index (χ1v) is 9.51. The van der Waals surface area contributed by atoms with Gasteiger partial charge in [0.15, 0.2) is 0 Å². The zero-order chi connectivity index (χ0) is 19.9. The summed E-state index contributed by atoms with van der Waals surface area (Å²) in [5.41, 5.74) is 6.74. The van der Waals surface area contributed by atoms with Crippen molar-refractivity contribution in [2.45, 2.75) is 31.8 Å². The number of carbonyl (C=O) groups excluding carboxylic acids is 1. The highest BCUT2D eigenvalue weighted by Crippen LogP contribution is 2.24. The van der Waals surface area contributed by atoms with Crippen LogP contribution in [0.3, 0.4) is 0 Å². The smallest absolute Gasteiger partial charge is 0.340 e. The second kappa shape index (κ2) is 9.01. The van der Waals surface area contributed by atoms with Crippen LogP contribution in [-0.2, 0) is 4.79 Å². The Bertz CT molecular complexity index is 981. The number of nitrogens with zero attached hydrogens (tertiary/aromatic N) is 3. The Morgan fingerprint density at radius 3 is 2.83 bits per heavy atom. The molecule has 0 spiro atoms. The van der Waals surface area contributed by atoms with Crippen LogP contribution in [0.15, 0.2) is 59.4 Å². The van der Waals surface area contributed by atoms with E-state index in [4.69, 9.17) is 9.26 Å². The van der Waals surface area contributed by atoms with Crippen LogP contribution in [0.25, 0.3) is 17.5 Å². The van der Waals surface area contributed by atoms with Gasteiger partial charge >= 0.3 is 6.01 Å². The Balaban J connectivity index is 1.29. The van der Waals surface area contributed by atoms with Crippen molar-refractivity contribution >= 4 is 18.0 Å². The van der Waals surface area contributed by atoms with Crippen LogP contribution in [0.4, 0.5) is 6.01 Å². The summed E-state index contributed by atoms with van der Waals surface area (Å²) in [5, 5.41) is 3.85. The van der Waals surface area contributed by atoms with Gasteiger partial charge in [-0.25, -0.2) is 5.43 Å². The van der Waals surface area contributed by atoms with Gasteiger partial charge in [-0.2, -0.15) is 4.98 Å². The van der Waals surface area contributed by atoms with E-state index in [1.807, 2.05) is 24.3 Å². The Labute approximate surface area is 168 Å². The van der Waals surface area contributed by atoms with Gasteiger partial charge in [-0.3, -0.25) is 15.2 Å². The number of benzene rings is 1. The summed E-state index contributed by atoms with van der Waals surface area (Å²) in [6.07, 6.45) is 11.4. The molecule has 3 aromatic rings. The molecule has 0 unspecified atom stereocenters. The van der Waals surface area contributed by atoms with Crippen LogP contribution < -0.4 is 15.6 Å². The van der Waals surface area contributed by atoms with Crippen LogP contribution in [-0.4, -0.2) is 27.1 Å². The Morgan fingerprint density at radius 1 is 1.17 bits per heavy atom. The SMILES string of the molecule is O=C(/C=C/c1cccc(OC2CCCC2)c1)NNc1nc(-c2ccncc2)no1. The Kier molecular flexibility index (Phi) is 5.80. The van der Waals surface area contributed by atoms with Gasteiger partial charge in [-0.1, -0.05) is 17.3 Å². The minimum absolute atomic E-state index is 0.0884. The quantitative estimate of drug-likeness (QED) is 0.468. The maximum atomic E-state index is 12.0. The lowest BCUT2D eigenvalue weighted by Gasteiger charge is -2.13. The fraction of sp³-hybridized carbons (Fsp3) is 0.238. The molecular formula is C21H21N5O3. The number of nitrogens with one attached hydrogen (secondary N) is 2. The first kappa shape index (κ1) is 18.7. The van der Waals surface area contributed by atoms with Gasteiger partial charge in [0, 0.05) is 24.0 Å². The van der Waals surface area contributed by atoms with E-state index in [1.54, 1.807) is 30.6 Å². The largest absolute Gasteiger partial charge is 0.490 e. The predicted molar refractivity (Wildman–Crippen MR) is 108 cm³/mol. The molecule has 29 heavy (non-hydrogen) atoms. The summed E-state index contributed by atoms with van der Waals surface area (Å²) >= 11 is 0. The number of pyridine rings is 1. The minimum atomic E-state index is -0.351. The van der Waals surface area contributed by atoms with E-state index < -0.39 is 0 Å². The topological polar surface area (TPSA) is 102 Å². The van der Waals surface area contributed by atoms with E-state index in [0.717, 1.165) is 29.7 Å². The van der Waals surface area contributed by atoms with Crippen LogP contribution in [0.1, 0.15) is 31.2 Å². The average Bonchev–Trinajstić information content (AvgIpc) is 3.44. The zero-order valence-electron chi connectivity index (χ0n) is 15.7. The number of anilines is 1. The molecule has 1 aliphatic rings. The summed E-state index contributed by atoms with van der Waals surface area (Å²) < 4.78 is 11.1. The first-order chi connectivity index (χ1) is 14.3. The first-order valence-electron chi connectivity index (χ1n) is 9.51. The molecule has 4 rings (SSSR count). The molecule has 8 heteroatoms. The lowest BCUT2D eigenvalue weighted by molar-refractivity contribution is -0.116. The number of hydrogen-bond donors (Lipinski definition) is 2. The van der Waals surface area contributed by atoms with Gasteiger partial charge < -0.3 is 9.26 Å². The van der Waals surface area contributed by atoms with E-state index >= 15 is 0 Å². The molecule has 1 aliphatic carbocycles. The van der Waals surface area contributed by atoms with Crippen LogP contribution in [0.2, 0.25) is 0 Å². The maximum absolute atomic E-state index is 12.0. The lowest BCUT2D eigenvalue weighted by Crippen LogP contribution is -2.27. The minimum Gasteiger partial charge on any atom is -0.490 e. The second-order valence-electron chi connectivity index (χ2n) is 6.70. The van der Waals surface area contributed by atoms with Crippen molar-refractivity contribution in [1.82, 2.24) is 20.6 Å². The van der Waals surface area contributed by atoms with Crippen LogP contribution >= 0.6 is 0 Å². The third-order valence-electron chi connectivity index (χ3n) is 4.55. The number of aromatic nitrogens is 3. The molecule has 0 atom stereocenters.